The van der Waals surface area contributed by atoms with E-state index in [1.54, 1.807) is 23.2 Å². The van der Waals surface area contributed by atoms with E-state index in [1.807, 2.05) is 22.4 Å². The number of aliphatic carboxylic acids is 1. The standard InChI is InChI=1S/C18H25N3O4S/c1-13(22)20-6-4-18(5-7-20)9-15(17(24)25)21(12-18)11-16(23)19-10-14-3-2-8-26-14/h2-3,8,15H,4-7,9-12H2,1H3,(H,19,23)(H,24,25). The average Bonchev–Trinajstić information content (AvgIpc) is 3.22. The number of likely N-dealkylation sites (tertiary alicyclic amines) is 2. The molecule has 1 aromatic heterocycles. The first kappa shape index (κ1) is 18.8. The summed E-state index contributed by atoms with van der Waals surface area (Å²) in [5.41, 5.74) is -0.108. The van der Waals surface area contributed by atoms with Crippen LogP contribution < -0.4 is 5.32 Å². The van der Waals surface area contributed by atoms with Crippen molar-refractivity contribution in [3.63, 3.8) is 0 Å². The van der Waals surface area contributed by atoms with E-state index in [9.17, 15) is 19.5 Å². The third-order valence-electron chi connectivity index (χ3n) is 5.55. The Bertz CT molecular complexity index is 668. The van der Waals surface area contributed by atoms with Gasteiger partial charge in [-0.1, -0.05) is 6.07 Å². The monoisotopic (exact) mass is 379 g/mol. The maximum Gasteiger partial charge on any atom is 0.320 e. The Labute approximate surface area is 157 Å². The molecule has 1 aromatic rings. The molecule has 2 aliphatic rings. The van der Waals surface area contributed by atoms with E-state index < -0.39 is 12.0 Å². The summed E-state index contributed by atoms with van der Waals surface area (Å²) in [6.45, 7) is 4.07. The lowest BCUT2D eigenvalue weighted by molar-refractivity contribution is -0.142. The normalized spacial score (nSPS) is 22.5. The van der Waals surface area contributed by atoms with Crippen molar-refractivity contribution in [2.24, 2.45) is 5.41 Å². The minimum Gasteiger partial charge on any atom is -0.480 e. The number of carboxylic acids is 1. The zero-order chi connectivity index (χ0) is 18.7. The smallest absolute Gasteiger partial charge is 0.320 e. The van der Waals surface area contributed by atoms with Crippen LogP contribution in [0.15, 0.2) is 17.5 Å². The molecule has 7 nitrogen and oxygen atoms in total. The molecule has 1 atom stereocenters. The summed E-state index contributed by atoms with van der Waals surface area (Å²) in [7, 11) is 0. The maximum absolute atomic E-state index is 12.3. The molecule has 3 heterocycles. The van der Waals surface area contributed by atoms with E-state index in [-0.39, 0.29) is 23.8 Å². The highest BCUT2D eigenvalue weighted by atomic mass is 32.1. The van der Waals surface area contributed by atoms with Crippen molar-refractivity contribution < 1.29 is 19.5 Å². The summed E-state index contributed by atoms with van der Waals surface area (Å²) < 4.78 is 0. The van der Waals surface area contributed by atoms with Gasteiger partial charge in [-0.25, -0.2) is 0 Å². The maximum atomic E-state index is 12.3. The summed E-state index contributed by atoms with van der Waals surface area (Å²) in [6, 6.07) is 3.26. The largest absolute Gasteiger partial charge is 0.480 e. The van der Waals surface area contributed by atoms with E-state index in [1.165, 1.54) is 0 Å². The van der Waals surface area contributed by atoms with Gasteiger partial charge in [-0.05, 0) is 36.1 Å². The van der Waals surface area contributed by atoms with Crippen LogP contribution in [0.4, 0.5) is 0 Å². The molecular weight excluding hydrogens is 354 g/mol. The Morgan fingerprint density at radius 3 is 2.65 bits per heavy atom. The lowest BCUT2D eigenvalue weighted by Gasteiger charge is -2.39. The van der Waals surface area contributed by atoms with Gasteiger partial charge in [-0.2, -0.15) is 0 Å². The number of nitrogens with zero attached hydrogens (tertiary/aromatic N) is 2. The van der Waals surface area contributed by atoms with E-state index in [0.717, 1.165) is 17.7 Å². The van der Waals surface area contributed by atoms with Gasteiger partial charge in [0.15, 0.2) is 0 Å². The summed E-state index contributed by atoms with van der Waals surface area (Å²) in [6.07, 6.45) is 2.14. The Morgan fingerprint density at radius 2 is 2.08 bits per heavy atom. The minimum atomic E-state index is -0.873. The Balaban J connectivity index is 1.58. The molecule has 8 heteroatoms. The molecule has 2 amide bonds. The quantitative estimate of drug-likeness (QED) is 0.801. The van der Waals surface area contributed by atoms with E-state index in [2.05, 4.69) is 5.32 Å². The zero-order valence-electron chi connectivity index (χ0n) is 14.9. The van der Waals surface area contributed by atoms with Gasteiger partial charge in [0.25, 0.3) is 0 Å². The van der Waals surface area contributed by atoms with Gasteiger partial charge in [0.1, 0.15) is 6.04 Å². The first-order chi connectivity index (χ1) is 12.4. The second-order valence-corrected chi connectivity index (χ2v) is 8.36. The topological polar surface area (TPSA) is 90.0 Å². The molecule has 0 bridgehead atoms. The molecule has 3 rings (SSSR count). The molecule has 2 saturated heterocycles. The van der Waals surface area contributed by atoms with Crippen LogP contribution in [0.1, 0.15) is 31.1 Å². The second kappa shape index (κ2) is 7.75. The number of rotatable bonds is 5. The van der Waals surface area contributed by atoms with Crippen LogP contribution >= 0.6 is 11.3 Å². The van der Waals surface area contributed by atoms with Gasteiger partial charge in [0.05, 0.1) is 13.1 Å². The number of hydrogen-bond acceptors (Lipinski definition) is 5. The number of hydrogen-bond donors (Lipinski definition) is 2. The average molecular weight is 379 g/mol. The highest BCUT2D eigenvalue weighted by molar-refractivity contribution is 7.09. The van der Waals surface area contributed by atoms with Crippen LogP contribution in [-0.2, 0) is 20.9 Å². The zero-order valence-corrected chi connectivity index (χ0v) is 15.8. The first-order valence-corrected chi connectivity index (χ1v) is 9.78. The van der Waals surface area contributed by atoms with Gasteiger partial charge in [-0.3, -0.25) is 19.3 Å². The molecule has 142 valence electrons. The summed E-state index contributed by atoms with van der Waals surface area (Å²) >= 11 is 1.58. The first-order valence-electron chi connectivity index (χ1n) is 8.90. The van der Waals surface area contributed by atoms with Gasteiger partial charge in [0, 0.05) is 31.4 Å². The molecule has 1 unspecified atom stereocenters. The Kier molecular flexibility index (Phi) is 5.62. The minimum absolute atomic E-state index is 0.0671. The number of carbonyl (C=O) groups excluding carboxylic acids is 2. The lowest BCUT2D eigenvalue weighted by Crippen LogP contribution is -2.45. The molecule has 0 aromatic carbocycles. The van der Waals surface area contributed by atoms with Crippen molar-refractivity contribution in [3.8, 4) is 0 Å². The third kappa shape index (κ3) is 4.24. The van der Waals surface area contributed by atoms with Gasteiger partial charge in [0.2, 0.25) is 11.8 Å². The van der Waals surface area contributed by atoms with E-state index >= 15 is 0 Å². The molecule has 2 fully saturated rings. The molecule has 0 saturated carbocycles. The molecule has 0 radical (unpaired) electrons. The molecule has 2 aliphatic heterocycles. The van der Waals surface area contributed by atoms with Gasteiger partial charge < -0.3 is 15.3 Å². The summed E-state index contributed by atoms with van der Waals surface area (Å²) in [5.74, 6) is -0.956. The van der Waals surface area contributed by atoms with Crippen molar-refractivity contribution in [3.05, 3.63) is 22.4 Å². The van der Waals surface area contributed by atoms with Crippen molar-refractivity contribution >= 4 is 29.1 Å². The van der Waals surface area contributed by atoms with Crippen LogP contribution in [0.25, 0.3) is 0 Å². The fourth-order valence-corrected chi connectivity index (χ4v) is 4.70. The van der Waals surface area contributed by atoms with Crippen LogP contribution in [0.5, 0.6) is 0 Å². The van der Waals surface area contributed by atoms with Crippen molar-refractivity contribution in [2.75, 3.05) is 26.2 Å². The van der Waals surface area contributed by atoms with Gasteiger partial charge in [-0.15, -0.1) is 11.3 Å². The van der Waals surface area contributed by atoms with Crippen molar-refractivity contribution in [1.82, 2.24) is 15.1 Å². The van der Waals surface area contributed by atoms with Gasteiger partial charge >= 0.3 is 5.97 Å². The molecule has 2 N–H and O–H groups in total. The predicted molar refractivity (Wildman–Crippen MR) is 97.7 cm³/mol. The fourth-order valence-electron chi connectivity index (χ4n) is 4.05. The summed E-state index contributed by atoms with van der Waals surface area (Å²) in [5, 5.41) is 14.4. The molecule has 0 aliphatic carbocycles. The number of carbonyl (C=O) groups is 3. The SMILES string of the molecule is CC(=O)N1CCC2(CC1)CC(C(=O)O)N(CC(=O)NCc1cccs1)C2. The Morgan fingerprint density at radius 1 is 1.35 bits per heavy atom. The number of piperidine rings is 1. The highest BCUT2D eigenvalue weighted by Crippen LogP contribution is 2.43. The van der Waals surface area contributed by atoms with E-state index in [4.69, 9.17) is 0 Å². The fraction of sp³-hybridized carbons (Fsp3) is 0.611. The van der Waals surface area contributed by atoms with Crippen LogP contribution in [-0.4, -0.2) is 64.9 Å². The Hall–Kier alpha value is -1.93. The number of thiophene rings is 1. The summed E-state index contributed by atoms with van der Waals surface area (Å²) in [4.78, 5) is 40.2. The second-order valence-electron chi connectivity index (χ2n) is 7.33. The third-order valence-corrected chi connectivity index (χ3v) is 6.42. The number of carboxylic acid groups (broad SMARTS) is 1. The number of nitrogens with one attached hydrogen (secondary N) is 1. The molecular formula is C18H25N3O4S. The highest BCUT2D eigenvalue weighted by Gasteiger charge is 2.48. The molecule has 1 spiro atoms. The lowest BCUT2D eigenvalue weighted by atomic mass is 9.76. The van der Waals surface area contributed by atoms with E-state index in [0.29, 0.717) is 32.6 Å². The van der Waals surface area contributed by atoms with Crippen LogP contribution in [0.3, 0.4) is 0 Å². The molecule has 26 heavy (non-hydrogen) atoms. The van der Waals surface area contributed by atoms with Crippen LogP contribution in [0, 0.1) is 5.41 Å². The predicted octanol–water partition coefficient (Wildman–Crippen LogP) is 1.15. The van der Waals surface area contributed by atoms with Crippen molar-refractivity contribution in [1.29, 1.82) is 0 Å². The number of amides is 2. The van der Waals surface area contributed by atoms with Crippen molar-refractivity contribution in [2.45, 2.75) is 38.8 Å². The van der Waals surface area contributed by atoms with Crippen LogP contribution in [0.2, 0.25) is 0 Å².